The molecule has 1 heterocycles. The standard InChI is InChI=1S/C11H17N5O5/c1-16-6-13-15-8(16)5-12-11(21)14-7(10(19)20)3-2-4-9(17)18/h6-7H,2-5H2,1H3,(H,17,18)(H,19,20)(H2,12,14,21)/t7-/m1/s1. The van der Waals surface area contributed by atoms with Crippen LogP contribution in [0.3, 0.4) is 0 Å². The lowest BCUT2D eigenvalue weighted by Gasteiger charge is -2.14. The van der Waals surface area contributed by atoms with E-state index in [9.17, 15) is 14.4 Å². The highest BCUT2D eigenvalue weighted by atomic mass is 16.4. The van der Waals surface area contributed by atoms with E-state index in [1.807, 2.05) is 0 Å². The van der Waals surface area contributed by atoms with Crippen LogP contribution in [-0.2, 0) is 23.2 Å². The molecule has 21 heavy (non-hydrogen) atoms. The number of hydrogen-bond acceptors (Lipinski definition) is 5. The van der Waals surface area contributed by atoms with Gasteiger partial charge < -0.3 is 25.4 Å². The molecule has 0 aliphatic heterocycles. The van der Waals surface area contributed by atoms with Crippen LogP contribution in [0.15, 0.2) is 6.33 Å². The number of carbonyl (C=O) groups is 3. The number of urea groups is 1. The number of aliphatic carboxylic acids is 2. The molecule has 2 amide bonds. The van der Waals surface area contributed by atoms with E-state index in [0.717, 1.165) is 0 Å². The predicted octanol–water partition coefficient (Wildman–Crippen LogP) is -0.678. The molecule has 4 N–H and O–H groups in total. The molecule has 0 aliphatic rings. The van der Waals surface area contributed by atoms with E-state index >= 15 is 0 Å². The molecule has 10 nitrogen and oxygen atoms in total. The van der Waals surface area contributed by atoms with Crippen LogP contribution < -0.4 is 10.6 Å². The fourth-order valence-electron chi connectivity index (χ4n) is 1.55. The van der Waals surface area contributed by atoms with E-state index in [4.69, 9.17) is 10.2 Å². The van der Waals surface area contributed by atoms with Crippen molar-refractivity contribution in [1.82, 2.24) is 25.4 Å². The Balaban J connectivity index is 2.39. The van der Waals surface area contributed by atoms with Gasteiger partial charge in [0.1, 0.15) is 12.4 Å². The maximum atomic E-state index is 11.6. The topological polar surface area (TPSA) is 146 Å². The van der Waals surface area contributed by atoms with Gasteiger partial charge in [-0.1, -0.05) is 0 Å². The zero-order valence-electron chi connectivity index (χ0n) is 11.4. The number of nitrogens with one attached hydrogen (secondary N) is 2. The summed E-state index contributed by atoms with van der Waals surface area (Å²) in [7, 11) is 1.71. The lowest BCUT2D eigenvalue weighted by molar-refractivity contribution is -0.140. The number of aromatic nitrogens is 3. The number of aryl methyl sites for hydroxylation is 1. The lowest BCUT2D eigenvalue weighted by Crippen LogP contribution is -2.46. The summed E-state index contributed by atoms with van der Waals surface area (Å²) in [6.07, 6.45) is 1.53. The molecule has 116 valence electrons. The number of carboxylic acids is 2. The molecule has 0 fully saturated rings. The van der Waals surface area contributed by atoms with E-state index in [0.29, 0.717) is 5.82 Å². The Morgan fingerprint density at radius 3 is 2.62 bits per heavy atom. The van der Waals surface area contributed by atoms with Crippen LogP contribution >= 0.6 is 0 Å². The molecule has 0 bridgehead atoms. The van der Waals surface area contributed by atoms with Crippen molar-refractivity contribution >= 4 is 18.0 Å². The van der Waals surface area contributed by atoms with Crippen molar-refractivity contribution in [3.05, 3.63) is 12.2 Å². The molecule has 0 saturated heterocycles. The molecule has 0 saturated carbocycles. The van der Waals surface area contributed by atoms with E-state index in [1.54, 1.807) is 11.6 Å². The van der Waals surface area contributed by atoms with Crippen LogP contribution in [0.1, 0.15) is 25.1 Å². The zero-order chi connectivity index (χ0) is 15.8. The first-order chi connectivity index (χ1) is 9.90. The summed E-state index contributed by atoms with van der Waals surface area (Å²) in [5.41, 5.74) is 0. The van der Waals surface area contributed by atoms with Crippen LogP contribution in [0, 0.1) is 0 Å². The van der Waals surface area contributed by atoms with Gasteiger partial charge in [0, 0.05) is 13.5 Å². The van der Waals surface area contributed by atoms with Gasteiger partial charge in [-0.3, -0.25) is 4.79 Å². The number of rotatable bonds is 8. The summed E-state index contributed by atoms with van der Waals surface area (Å²) in [5, 5.41) is 29.6. The van der Waals surface area contributed by atoms with Crippen LogP contribution in [0.25, 0.3) is 0 Å². The molecule has 0 aliphatic carbocycles. The van der Waals surface area contributed by atoms with Gasteiger partial charge in [-0.25, -0.2) is 9.59 Å². The Labute approximate surface area is 120 Å². The summed E-state index contributed by atoms with van der Waals surface area (Å²) in [5.74, 6) is -1.71. The average Bonchev–Trinajstić information content (AvgIpc) is 2.80. The minimum atomic E-state index is -1.21. The van der Waals surface area contributed by atoms with Gasteiger partial charge >= 0.3 is 18.0 Å². The monoisotopic (exact) mass is 299 g/mol. The molecular weight excluding hydrogens is 282 g/mol. The third-order valence-electron chi connectivity index (χ3n) is 2.70. The number of carboxylic acid groups (broad SMARTS) is 2. The maximum absolute atomic E-state index is 11.6. The van der Waals surface area contributed by atoms with Crippen LogP contribution in [0.4, 0.5) is 4.79 Å². The van der Waals surface area contributed by atoms with Gasteiger partial charge in [0.05, 0.1) is 6.54 Å². The molecule has 1 atom stereocenters. The molecule has 0 radical (unpaired) electrons. The van der Waals surface area contributed by atoms with Gasteiger partial charge in [0.25, 0.3) is 0 Å². The number of carbonyl (C=O) groups excluding carboxylic acids is 1. The Bertz CT molecular complexity index is 515. The SMILES string of the molecule is Cn1cnnc1CNC(=O)N[C@H](CCCC(=O)O)C(=O)O. The fraction of sp³-hybridized carbons (Fsp3) is 0.545. The van der Waals surface area contributed by atoms with Crippen molar-refractivity contribution in [1.29, 1.82) is 0 Å². The van der Waals surface area contributed by atoms with E-state index in [2.05, 4.69) is 20.8 Å². The smallest absolute Gasteiger partial charge is 0.326 e. The van der Waals surface area contributed by atoms with E-state index in [1.165, 1.54) is 6.33 Å². The first-order valence-electron chi connectivity index (χ1n) is 6.22. The van der Waals surface area contributed by atoms with Gasteiger partial charge in [0.15, 0.2) is 5.82 Å². The summed E-state index contributed by atoms with van der Waals surface area (Å²) < 4.78 is 1.61. The number of hydrogen-bond donors (Lipinski definition) is 4. The highest BCUT2D eigenvalue weighted by molar-refractivity contribution is 5.82. The first kappa shape index (κ1) is 16.4. The molecule has 0 unspecified atom stereocenters. The molecule has 10 heteroatoms. The Morgan fingerprint density at radius 2 is 2.10 bits per heavy atom. The largest absolute Gasteiger partial charge is 0.481 e. The van der Waals surface area contributed by atoms with E-state index < -0.39 is 24.0 Å². The molecule has 0 spiro atoms. The highest BCUT2D eigenvalue weighted by Crippen LogP contribution is 2.02. The number of nitrogens with zero attached hydrogens (tertiary/aromatic N) is 3. The van der Waals surface area contributed by atoms with Crippen molar-refractivity contribution in [3.63, 3.8) is 0 Å². The van der Waals surface area contributed by atoms with Crippen molar-refractivity contribution < 1.29 is 24.6 Å². The predicted molar refractivity (Wildman–Crippen MR) is 69.3 cm³/mol. The van der Waals surface area contributed by atoms with Crippen molar-refractivity contribution in [3.8, 4) is 0 Å². The number of amides is 2. The second kappa shape index (κ2) is 7.82. The summed E-state index contributed by atoms with van der Waals surface area (Å²) in [4.78, 5) is 33.0. The average molecular weight is 299 g/mol. The summed E-state index contributed by atoms with van der Waals surface area (Å²) in [6.45, 7) is 0.101. The Kier molecular flexibility index (Phi) is 6.11. The maximum Gasteiger partial charge on any atom is 0.326 e. The molecular formula is C11H17N5O5. The minimum absolute atomic E-state index is 0.0407. The van der Waals surface area contributed by atoms with Crippen LogP contribution in [0.2, 0.25) is 0 Å². The second-order valence-electron chi connectivity index (χ2n) is 4.36. The van der Waals surface area contributed by atoms with Crippen molar-refractivity contribution in [2.24, 2.45) is 7.05 Å². The van der Waals surface area contributed by atoms with Crippen molar-refractivity contribution in [2.75, 3.05) is 0 Å². The van der Waals surface area contributed by atoms with E-state index in [-0.39, 0.29) is 25.8 Å². The Morgan fingerprint density at radius 1 is 1.38 bits per heavy atom. The summed E-state index contributed by atoms with van der Waals surface area (Å²) in [6, 6.07) is -1.80. The molecule has 1 aromatic rings. The third-order valence-corrected chi connectivity index (χ3v) is 2.70. The minimum Gasteiger partial charge on any atom is -0.481 e. The van der Waals surface area contributed by atoms with Gasteiger partial charge in [-0.2, -0.15) is 0 Å². The normalized spacial score (nSPS) is 11.7. The summed E-state index contributed by atoms with van der Waals surface area (Å²) >= 11 is 0. The highest BCUT2D eigenvalue weighted by Gasteiger charge is 2.20. The van der Waals surface area contributed by atoms with Crippen LogP contribution in [-0.4, -0.2) is 49.0 Å². The van der Waals surface area contributed by atoms with Crippen LogP contribution in [0.5, 0.6) is 0 Å². The fourth-order valence-corrected chi connectivity index (χ4v) is 1.55. The molecule has 0 aromatic carbocycles. The zero-order valence-corrected chi connectivity index (χ0v) is 11.4. The Hall–Kier alpha value is -2.65. The van der Waals surface area contributed by atoms with Gasteiger partial charge in [-0.05, 0) is 12.8 Å². The van der Waals surface area contributed by atoms with Gasteiger partial charge in [-0.15, -0.1) is 10.2 Å². The second-order valence-corrected chi connectivity index (χ2v) is 4.36. The lowest BCUT2D eigenvalue weighted by atomic mass is 10.1. The first-order valence-corrected chi connectivity index (χ1v) is 6.22. The molecule has 1 aromatic heterocycles. The quantitative estimate of drug-likeness (QED) is 0.497. The van der Waals surface area contributed by atoms with Gasteiger partial charge in [0.2, 0.25) is 0 Å². The molecule has 1 rings (SSSR count). The third kappa shape index (κ3) is 5.89. The van der Waals surface area contributed by atoms with Crippen molar-refractivity contribution in [2.45, 2.75) is 31.8 Å².